The first kappa shape index (κ1) is 35.0. The average Bonchev–Trinajstić information content (AvgIpc) is 3.36. The molecule has 0 bridgehead atoms. The SMILES string of the molecule is O=C(O)C(F)(F)F.OC(c1cc(C(F)(F)F)cc(C(F)(F)F)c1)(c1cc(C(F)(F)F)cc(C(F)(F)F)c1)[C@@H]1CCCN1. The highest BCUT2D eigenvalue weighted by Gasteiger charge is 2.47. The molecule has 2 aromatic rings. The number of carbonyl (C=O) groups is 1. The molecule has 19 heteroatoms. The molecule has 2 aromatic carbocycles. The average molecular weight is 639 g/mol. The van der Waals surface area contributed by atoms with Crippen molar-refractivity contribution in [2.24, 2.45) is 0 Å². The molecule has 1 atom stereocenters. The van der Waals surface area contributed by atoms with Gasteiger partial charge in [-0.05, 0) is 66.9 Å². The summed E-state index contributed by atoms with van der Waals surface area (Å²) in [6.07, 6.45) is -26.5. The maximum absolute atomic E-state index is 13.4. The standard InChI is InChI=1S/C21H15F12NO.C2HF3O2/c22-18(23,24)12-4-10(5-13(8-12)19(25,26)27)17(35,16-2-1-3-34-16)11-6-14(20(28,29)30)9-15(7-11)21(31,32)33;3-2(4,5)1(6)7/h4-9,16,34-35H,1-3H2;(H,6,7)/t16-;/m0./s1. The third kappa shape index (κ3) is 8.20. The van der Waals surface area contributed by atoms with Crippen LogP contribution in [0.3, 0.4) is 0 Å². The largest absolute Gasteiger partial charge is 0.490 e. The molecule has 42 heavy (non-hydrogen) atoms. The van der Waals surface area contributed by atoms with Gasteiger partial charge in [-0.25, -0.2) is 4.79 Å². The van der Waals surface area contributed by atoms with E-state index in [1.54, 1.807) is 0 Å². The number of rotatable bonds is 3. The van der Waals surface area contributed by atoms with Crippen LogP contribution in [0.1, 0.15) is 46.2 Å². The maximum atomic E-state index is 13.4. The van der Waals surface area contributed by atoms with E-state index in [0.717, 1.165) is 0 Å². The smallest absolute Gasteiger partial charge is 0.475 e. The number of carboxylic acid groups (broad SMARTS) is 1. The van der Waals surface area contributed by atoms with Gasteiger partial charge in [0.05, 0.1) is 22.3 Å². The Morgan fingerprint density at radius 2 is 0.857 bits per heavy atom. The van der Waals surface area contributed by atoms with Crippen LogP contribution in [0.4, 0.5) is 65.9 Å². The van der Waals surface area contributed by atoms with Crippen LogP contribution in [0.2, 0.25) is 0 Å². The van der Waals surface area contributed by atoms with Crippen LogP contribution in [0.15, 0.2) is 36.4 Å². The predicted molar refractivity (Wildman–Crippen MR) is 111 cm³/mol. The second-order valence-corrected chi connectivity index (χ2v) is 8.81. The Morgan fingerprint density at radius 3 is 1.05 bits per heavy atom. The Labute approximate surface area is 224 Å². The number of alkyl halides is 15. The van der Waals surface area contributed by atoms with Crippen molar-refractivity contribution in [2.75, 3.05) is 6.54 Å². The van der Waals surface area contributed by atoms with Gasteiger partial charge in [-0.2, -0.15) is 65.9 Å². The zero-order valence-electron chi connectivity index (χ0n) is 20.1. The number of carboxylic acids is 1. The predicted octanol–water partition coefficient (Wildman–Crippen LogP) is 7.38. The first-order chi connectivity index (χ1) is 18.7. The van der Waals surface area contributed by atoms with Gasteiger partial charge in [-0.3, -0.25) is 0 Å². The molecule has 3 rings (SSSR count). The molecule has 0 spiro atoms. The van der Waals surface area contributed by atoms with Gasteiger partial charge in [0.1, 0.15) is 5.60 Å². The molecule has 1 fully saturated rings. The third-order valence-corrected chi connectivity index (χ3v) is 5.86. The van der Waals surface area contributed by atoms with Crippen LogP contribution in [0.5, 0.6) is 0 Å². The Kier molecular flexibility index (Phi) is 9.54. The third-order valence-electron chi connectivity index (χ3n) is 5.86. The number of benzene rings is 2. The quantitative estimate of drug-likeness (QED) is 0.307. The van der Waals surface area contributed by atoms with E-state index in [1.807, 2.05) is 0 Å². The summed E-state index contributed by atoms with van der Waals surface area (Å²) < 4.78 is 192. The Balaban J connectivity index is 0.000000782. The number of aliphatic hydroxyl groups is 1. The van der Waals surface area contributed by atoms with Gasteiger partial charge in [0.15, 0.2) is 0 Å². The van der Waals surface area contributed by atoms with Gasteiger partial charge in [-0.15, -0.1) is 0 Å². The van der Waals surface area contributed by atoms with Crippen molar-refractivity contribution >= 4 is 5.97 Å². The molecule has 0 aliphatic carbocycles. The van der Waals surface area contributed by atoms with E-state index >= 15 is 0 Å². The van der Waals surface area contributed by atoms with Crippen molar-refractivity contribution < 1.29 is 80.9 Å². The van der Waals surface area contributed by atoms with E-state index in [9.17, 15) is 71.0 Å². The Bertz CT molecular complexity index is 1130. The van der Waals surface area contributed by atoms with Gasteiger partial charge >= 0.3 is 36.9 Å². The molecule has 0 saturated carbocycles. The molecular formula is C23H16F15NO3. The summed E-state index contributed by atoms with van der Waals surface area (Å²) in [5.41, 5.74) is -13.0. The van der Waals surface area contributed by atoms with Gasteiger partial charge in [-0.1, -0.05) is 0 Å². The summed E-state index contributed by atoms with van der Waals surface area (Å²) >= 11 is 0. The summed E-state index contributed by atoms with van der Waals surface area (Å²) in [7, 11) is 0. The number of hydrogen-bond donors (Lipinski definition) is 3. The minimum Gasteiger partial charge on any atom is -0.475 e. The molecule has 0 amide bonds. The van der Waals surface area contributed by atoms with Crippen molar-refractivity contribution in [1.29, 1.82) is 0 Å². The molecule has 1 heterocycles. The molecule has 1 aliphatic rings. The van der Waals surface area contributed by atoms with Gasteiger partial charge in [0.2, 0.25) is 0 Å². The second kappa shape index (κ2) is 11.5. The van der Waals surface area contributed by atoms with E-state index in [-0.39, 0.29) is 55.8 Å². The van der Waals surface area contributed by atoms with Gasteiger partial charge < -0.3 is 15.5 Å². The first-order valence-corrected chi connectivity index (χ1v) is 11.0. The lowest BCUT2D eigenvalue weighted by Gasteiger charge is -2.37. The Morgan fingerprint density at radius 1 is 0.595 bits per heavy atom. The fourth-order valence-corrected chi connectivity index (χ4v) is 3.96. The van der Waals surface area contributed by atoms with Crippen molar-refractivity contribution in [3.63, 3.8) is 0 Å². The van der Waals surface area contributed by atoms with E-state index in [4.69, 9.17) is 9.90 Å². The van der Waals surface area contributed by atoms with Crippen LogP contribution in [0.25, 0.3) is 0 Å². The van der Waals surface area contributed by atoms with E-state index in [2.05, 4.69) is 5.32 Å². The van der Waals surface area contributed by atoms with Crippen LogP contribution in [-0.2, 0) is 35.1 Å². The molecular weight excluding hydrogens is 623 g/mol. The van der Waals surface area contributed by atoms with Crippen LogP contribution < -0.4 is 5.32 Å². The second-order valence-electron chi connectivity index (χ2n) is 8.81. The lowest BCUT2D eigenvalue weighted by Crippen LogP contribution is -2.46. The minimum absolute atomic E-state index is 0.0587. The number of halogens is 15. The summed E-state index contributed by atoms with van der Waals surface area (Å²) in [5, 5.41) is 21.2. The molecule has 4 nitrogen and oxygen atoms in total. The zero-order valence-corrected chi connectivity index (χ0v) is 20.1. The summed E-state index contributed by atoms with van der Waals surface area (Å²) in [6, 6.07) is -1.67. The number of nitrogens with one attached hydrogen (secondary N) is 1. The van der Waals surface area contributed by atoms with Crippen LogP contribution in [-0.4, -0.2) is 34.9 Å². The first-order valence-electron chi connectivity index (χ1n) is 11.0. The summed E-state index contributed by atoms with van der Waals surface area (Å²) in [5.74, 6) is -2.76. The highest BCUT2D eigenvalue weighted by molar-refractivity contribution is 5.73. The molecule has 0 aromatic heterocycles. The van der Waals surface area contributed by atoms with E-state index < -0.39 is 81.9 Å². The normalized spacial score (nSPS) is 17.1. The topological polar surface area (TPSA) is 69.6 Å². The molecule has 236 valence electrons. The lowest BCUT2D eigenvalue weighted by atomic mass is 9.77. The monoisotopic (exact) mass is 639 g/mol. The fraction of sp³-hybridized carbons (Fsp3) is 0.435. The summed E-state index contributed by atoms with van der Waals surface area (Å²) in [6.45, 7) is 0.0587. The number of hydrogen-bond acceptors (Lipinski definition) is 3. The molecule has 1 aliphatic heterocycles. The maximum Gasteiger partial charge on any atom is 0.490 e. The highest BCUT2D eigenvalue weighted by Crippen LogP contribution is 2.45. The van der Waals surface area contributed by atoms with Crippen molar-refractivity contribution in [3.05, 3.63) is 69.8 Å². The van der Waals surface area contributed by atoms with Gasteiger partial charge in [0.25, 0.3) is 0 Å². The van der Waals surface area contributed by atoms with Crippen LogP contribution >= 0.6 is 0 Å². The fourth-order valence-electron chi connectivity index (χ4n) is 3.96. The van der Waals surface area contributed by atoms with E-state index in [0.29, 0.717) is 0 Å². The van der Waals surface area contributed by atoms with Crippen LogP contribution in [0, 0.1) is 0 Å². The Hall–Kier alpha value is -3.22. The molecule has 0 unspecified atom stereocenters. The van der Waals surface area contributed by atoms with Crippen molar-refractivity contribution in [2.45, 2.75) is 55.4 Å². The molecule has 0 radical (unpaired) electrons. The molecule has 3 N–H and O–H groups in total. The minimum atomic E-state index is -5.37. The van der Waals surface area contributed by atoms with Crippen molar-refractivity contribution in [1.82, 2.24) is 5.32 Å². The number of aliphatic carboxylic acids is 1. The highest BCUT2D eigenvalue weighted by atomic mass is 19.4. The zero-order chi connectivity index (χ0) is 32.7. The van der Waals surface area contributed by atoms with Crippen molar-refractivity contribution in [3.8, 4) is 0 Å². The van der Waals surface area contributed by atoms with Gasteiger partial charge in [0, 0.05) is 6.04 Å². The molecule has 1 saturated heterocycles. The lowest BCUT2D eigenvalue weighted by molar-refractivity contribution is -0.192. The van der Waals surface area contributed by atoms with E-state index in [1.165, 1.54) is 0 Å². The summed E-state index contributed by atoms with van der Waals surface area (Å²) in [4.78, 5) is 8.90.